The van der Waals surface area contributed by atoms with E-state index in [1.165, 1.54) is 5.56 Å². The Kier molecular flexibility index (Phi) is 12.7. The molecule has 0 bridgehead atoms. The molecule has 0 saturated carbocycles. The van der Waals surface area contributed by atoms with Crippen molar-refractivity contribution in [3.63, 3.8) is 0 Å². The number of guanidine groups is 1. The summed E-state index contributed by atoms with van der Waals surface area (Å²) < 4.78 is 40.2. The van der Waals surface area contributed by atoms with Crippen LogP contribution in [0.15, 0.2) is 35.3 Å². The van der Waals surface area contributed by atoms with Crippen LogP contribution in [0.2, 0.25) is 0 Å². The standard InChI is InChI=1S/C16H24F3N3O.HI/c1-2-20-15(21-10-6-12-23-13-16(17,18)19)22-11-9-14-7-4-3-5-8-14;/h3-5,7-8H,2,6,9-13H2,1H3,(H2,20,21,22);1H. The van der Waals surface area contributed by atoms with Gasteiger partial charge in [0.05, 0.1) is 0 Å². The molecule has 1 aromatic carbocycles. The van der Waals surface area contributed by atoms with Gasteiger partial charge < -0.3 is 15.4 Å². The molecule has 0 fully saturated rings. The number of alkyl halides is 3. The molecule has 0 heterocycles. The molecule has 24 heavy (non-hydrogen) atoms. The largest absolute Gasteiger partial charge is 0.411 e. The maximum absolute atomic E-state index is 11.9. The summed E-state index contributed by atoms with van der Waals surface area (Å²) in [4.78, 5) is 4.31. The monoisotopic (exact) mass is 459 g/mol. The minimum atomic E-state index is -4.27. The van der Waals surface area contributed by atoms with Crippen LogP contribution in [-0.2, 0) is 11.2 Å². The lowest BCUT2D eigenvalue weighted by Gasteiger charge is -2.11. The first kappa shape index (κ1) is 23.0. The van der Waals surface area contributed by atoms with E-state index in [1.54, 1.807) is 0 Å². The molecule has 0 saturated heterocycles. The number of nitrogens with zero attached hydrogens (tertiary/aromatic N) is 1. The van der Waals surface area contributed by atoms with Gasteiger partial charge in [-0.3, -0.25) is 4.99 Å². The van der Waals surface area contributed by atoms with Gasteiger partial charge in [-0.1, -0.05) is 30.3 Å². The molecule has 4 nitrogen and oxygen atoms in total. The molecular weight excluding hydrogens is 434 g/mol. The Hall–Kier alpha value is -1.03. The van der Waals surface area contributed by atoms with E-state index in [0.717, 1.165) is 19.5 Å². The van der Waals surface area contributed by atoms with Crippen LogP contribution < -0.4 is 10.6 Å². The van der Waals surface area contributed by atoms with Crippen molar-refractivity contribution < 1.29 is 17.9 Å². The Balaban J connectivity index is 0.00000529. The van der Waals surface area contributed by atoms with Crippen LogP contribution in [0.4, 0.5) is 13.2 Å². The summed E-state index contributed by atoms with van der Waals surface area (Å²) in [5, 5.41) is 6.30. The summed E-state index contributed by atoms with van der Waals surface area (Å²) in [5.74, 6) is 0.666. The molecule has 0 unspecified atom stereocenters. The van der Waals surface area contributed by atoms with E-state index >= 15 is 0 Å². The summed E-state index contributed by atoms with van der Waals surface area (Å²) in [5.41, 5.74) is 1.23. The topological polar surface area (TPSA) is 45.7 Å². The Morgan fingerprint density at radius 1 is 1.17 bits per heavy atom. The van der Waals surface area contributed by atoms with Crippen LogP contribution in [-0.4, -0.2) is 45.0 Å². The molecule has 0 amide bonds. The van der Waals surface area contributed by atoms with E-state index in [-0.39, 0.29) is 30.6 Å². The van der Waals surface area contributed by atoms with Crippen molar-refractivity contribution in [1.29, 1.82) is 0 Å². The van der Waals surface area contributed by atoms with Crippen LogP contribution in [0.1, 0.15) is 18.9 Å². The van der Waals surface area contributed by atoms with Crippen molar-refractivity contribution >= 4 is 29.9 Å². The third kappa shape index (κ3) is 12.4. The van der Waals surface area contributed by atoms with Gasteiger partial charge in [-0.25, -0.2) is 0 Å². The van der Waals surface area contributed by atoms with Gasteiger partial charge in [0.25, 0.3) is 0 Å². The number of nitrogens with one attached hydrogen (secondary N) is 2. The summed E-state index contributed by atoms with van der Waals surface area (Å²) in [7, 11) is 0. The lowest BCUT2D eigenvalue weighted by Crippen LogP contribution is -2.38. The van der Waals surface area contributed by atoms with E-state index in [1.807, 2.05) is 25.1 Å². The second-order valence-corrected chi connectivity index (χ2v) is 4.94. The summed E-state index contributed by atoms with van der Waals surface area (Å²) >= 11 is 0. The first-order valence-corrected chi connectivity index (χ1v) is 7.72. The second-order valence-electron chi connectivity index (χ2n) is 4.94. The maximum atomic E-state index is 11.9. The predicted molar refractivity (Wildman–Crippen MR) is 101 cm³/mol. The Bertz CT molecular complexity index is 456. The zero-order chi connectivity index (χ0) is 17.0. The van der Waals surface area contributed by atoms with Gasteiger partial charge in [-0.2, -0.15) is 13.2 Å². The minimum Gasteiger partial charge on any atom is -0.372 e. The first-order chi connectivity index (χ1) is 11.0. The number of aliphatic imine (C=N–C) groups is 1. The van der Waals surface area contributed by atoms with E-state index in [4.69, 9.17) is 0 Å². The van der Waals surface area contributed by atoms with Crippen molar-refractivity contribution in [2.24, 2.45) is 4.99 Å². The smallest absolute Gasteiger partial charge is 0.372 e. The summed E-state index contributed by atoms with van der Waals surface area (Å²) in [6.07, 6.45) is -2.94. The summed E-state index contributed by atoms with van der Waals surface area (Å²) in [6.45, 7) is 2.68. The molecule has 8 heteroatoms. The summed E-state index contributed by atoms with van der Waals surface area (Å²) in [6, 6.07) is 10.1. The lowest BCUT2D eigenvalue weighted by molar-refractivity contribution is -0.173. The molecule has 0 aliphatic heterocycles. The first-order valence-electron chi connectivity index (χ1n) is 7.72. The van der Waals surface area contributed by atoms with E-state index in [9.17, 15) is 13.2 Å². The second kappa shape index (κ2) is 13.3. The van der Waals surface area contributed by atoms with Crippen molar-refractivity contribution in [3.8, 4) is 0 Å². The molecule has 2 N–H and O–H groups in total. The predicted octanol–water partition coefficient (Wildman–Crippen LogP) is 3.37. The number of ether oxygens (including phenoxy) is 1. The molecular formula is C16H25F3IN3O. The molecule has 0 atom stereocenters. The molecule has 0 aliphatic rings. The normalized spacial score (nSPS) is 11.8. The van der Waals surface area contributed by atoms with E-state index in [0.29, 0.717) is 18.9 Å². The quantitative estimate of drug-likeness (QED) is 0.258. The Morgan fingerprint density at radius 3 is 2.50 bits per heavy atom. The highest BCUT2D eigenvalue weighted by molar-refractivity contribution is 14.0. The van der Waals surface area contributed by atoms with Crippen LogP contribution >= 0.6 is 24.0 Å². The number of rotatable bonds is 9. The van der Waals surface area contributed by atoms with Crippen LogP contribution in [0.3, 0.4) is 0 Å². The average Bonchev–Trinajstić information content (AvgIpc) is 2.50. The third-order valence-corrected chi connectivity index (χ3v) is 2.88. The molecule has 0 spiro atoms. The maximum Gasteiger partial charge on any atom is 0.411 e. The highest BCUT2D eigenvalue weighted by Crippen LogP contribution is 2.14. The molecule has 0 radical (unpaired) electrons. The van der Waals surface area contributed by atoms with Gasteiger partial charge in [0.15, 0.2) is 5.96 Å². The van der Waals surface area contributed by atoms with Crippen molar-refractivity contribution in [2.75, 3.05) is 32.8 Å². The zero-order valence-electron chi connectivity index (χ0n) is 13.7. The lowest BCUT2D eigenvalue weighted by atomic mass is 10.1. The molecule has 1 rings (SSSR count). The number of halogens is 4. The zero-order valence-corrected chi connectivity index (χ0v) is 16.1. The highest BCUT2D eigenvalue weighted by atomic mass is 127. The minimum absolute atomic E-state index is 0. The van der Waals surface area contributed by atoms with E-state index < -0.39 is 12.8 Å². The van der Waals surface area contributed by atoms with Gasteiger partial charge in [0, 0.05) is 26.2 Å². The van der Waals surface area contributed by atoms with E-state index in [2.05, 4.69) is 32.5 Å². The number of hydrogen-bond acceptors (Lipinski definition) is 2. The fourth-order valence-electron chi connectivity index (χ4n) is 1.86. The molecule has 0 aromatic heterocycles. The van der Waals surface area contributed by atoms with Crippen LogP contribution in [0, 0.1) is 0 Å². The van der Waals surface area contributed by atoms with Gasteiger partial charge in [0.1, 0.15) is 6.61 Å². The number of benzene rings is 1. The molecule has 138 valence electrons. The highest BCUT2D eigenvalue weighted by Gasteiger charge is 2.27. The Morgan fingerprint density at radius 2 is 1.88 bits per heavy atom. The van der Waals surface area contributed by atoms with Crippen LogP contribution in [0.5, 0.6) is 0 Å². The number of hydrogen-bond donors (Lipinski definition) is 2. The molecule has 1 aromatic rings. The SMILES string of the molecule is CCNC(=NCCCOCC(F)(F)F)NCCc1ccccc1.I. The average molecular weight is 459 g/mol. The van der Waals surface area contributed by atoms with Gasteiger partial charge in [-0.05, 0) is 25.3 Å². The van der Waals surface area contributed by atoms with Gasteiger partial charge in [-0.15, -0.1) is 24.0 Å². The third-order valence-electron chi connectivity index (χ3n) is 2.88. The Labute approximate surface area is 158 Å². The fourth-order valence-corrected chi connectivity index (χ4v) is 1.86. The van der Waals surface area contributed by atoms with Crippen molar-refractivity contribution in [2.45, 2.75) is 25.9 Å². The van der Waals surface area contributed by atoms with Crippen LogP contribution in [0.25, 0.3) is 0 Å². The van der Waals surface area contributed by atoms with Gasteiger partial charge in [0.2, 0.25) is 0 Å². The van der Waals surface area contributed by atoms with Crippen molar-refractivity contribution in [1.82, 2.24) is 10.6 Å². The van der Waals surface area contributed by atoms with Gasteiger partial charge >= 0.3 is 6.18 Å². The molecule has 0 aliphatic carbocycles. The fraction of sp³-hybridized carbons (Fsp3) is 0.562. The van der Waals surface area contributed by atoms with Crippen molar-refractivity contribution in [3.05, 3.63) is 35.9 Å².